The van der Waals surface area contributed by atoms with Gasteiger partial charge in [-0.3, -0.25) is 9.78 Å². The van der Waals surface area contributed by atoms with Gasteiger partial charge in [0, 0.05) is 55.8 Å². The molecule has 0 radical (unpaired) electrons. The molecule has 2 N–H and O–H groups in total. The molecular weight excluding hydrogens is 474 g/mol. The molecule has 0 spiro atoms. The molecule has 2 fully saturated rings. The predicted molar refractivity (Wildman–Crippen MR) is 138 cm³/mol. The minimum Gasteiger partial charge on any atom is -0.382 e. The Balaban J connectivity index is 1.28. The Morgan fingerprint density at radius 1 is 1.19 bits per heavy atom. The van der Waals surface area contributed by atoms with E-state index in [0.717, 1.165) is 51.4 Å². The van der Waals surface area contributed by atoms with Crippen molar-refractivity contribution in [2.24, 2.45) is 11.8 Å². The molecule has 3 atom stereocenters. The van der Waals surface area contributed by atoms with Crippen LogP contribution in [-0.2, 0) is 4.79 Å². The molecule has 10 nitrogen and oxygen atoms in total. The molecule has 36 heavy (non-hydrogen) atoms. The monoisotopic (exact) mass is 499 g/mol. The number of hydrogen-bond acceptors (Lipinski definition) is 9. The first-order chi connectivity index (χ1) is 17.4. The minimum atomic E-state index is 0.0381. The van der Waals surface area contributed by atoms with Gasteiger partial charge in [-0.15, -0.1) is 10.2 Å². The van der Waals surface area contributed by atoms with E-state index in [1.54, 1.807) is 29.0 Å². The van der Waals surface area contributed by atoms with Gasteiger partial charge in [-0.2, -0.15) is 10.4 Å². The summed E-state index contributed by atoms with van der Waals surface area (Å²) in [7, 11) is 0. The molecule has 4 aromatic heterocycles. The second kappa shape index (κ2) is 8.57. The van der Waals surface area contributed by atoms with Crippen molar-refractivity contribution in [3.05, 3.63) is 42.2 Å². The fourth-order valence-corrected chi connectivity index (χ4v) is 5.92. The van der Waals surface area contributed by atoms with Crippen molar-refractivity contribution < 1.29 is 4.79 Å². The molecule has 0 aromatic carbocycles. The highest BCUT2D eigenvalue weighted by Crippen LogP contribution is 2.47. The molecule has 4 aromatic rings. The molecule has 0 bridgehead atoms. The number of rotatable bonds is 6. The number of nitrogens with one attached hydrogen (secondary N) is 2. The van der Waals surface area contributed by atoms with Crippen molar-refractivity contribution in [1.29, 1.82) is 5.26 Å². The van der Waals surface area contributed by atoms with Crippen LogP contribution in [0.25, 0.3) is 27.5 Å². The number of nitrogens with zero attached hydrogens (tertiary/aromatic N) is 7. The van der Waals surface area contributed by atoms with Gasteiger partial charge in [-0.25, -0.2) is 4.52 Å². The van der Waals surface area contributed by atoms with E-state index in [2.05, 4.69) is 50.7 Å². The highest BCUT2D eigenvalue weighted by molar-refractivity contribution is 7.18. The van der Waals surface area contributed by atoms with Gasteiger partial charge in [0.2, 0.25) is 11.0 Å². The lowest BCUT2D eigenvalue weighted by Gasteiger charge is -2.18. The van der Waals surface area contributed by atoms with Crippen LogP contribution in [0.1, 0.15) is 26.3 Å². The first-order valence-electron chi connectivity index (χ1n) is 11.9. The lowest BCUT2D eigenvalue weighted by atomic mass is 10.1. The van der Waals surface area contributed by atoms with Crippen molar-refractivity contribution >= 4 is 33.6 Å². The van der Waals surface area contributed by atoms with E-state index in [0.29, 0.717) is 23.4 Å². The second-order valence-corrected chi connectivity index (χ2v) is 10.6. The van der Waals surface area contributed by atoms with Gasteiger partial charge in [0.1, 0.15) is 6.07 Å². The van der Waals surface area contributed by atoms with Gasteiger partial charge in [0.25, 0.3) is 0 Å². The van der Waals surface area contributed by atoms with Gasteiger partial charge < -0.3 is 15.5 Å². The molecule has 2 aliphatic rings. The predicted octanol–water partition coefficient (Wildman–Crippen LogP) is 3.18. The number of carbonyl (C=O) groups is 1. The van der Waals surface area contributed by atoms with Gasteiger partial charge in [0.05, 0.1) is 34.2 Å². The number of hydrogen-bond donors (Lipinski definition) is 2. The fraction of sp³-hybridized carbons (Fsp3) is 0.360. The summed E-state index contributed by atoms with van der Waals surface area (Å²) in [4.78, 5) is 18.4. The van der Waals surface area contributed by atoms with Crippen LogP contribution in [-0.4, -0.2) is 55.9 Å². The molecule has 0 unspecified atom stereocenters. The summed E-state index contributed by atoms with van der Waals surface area (Å²) in [6.45, 7) is 7.54. The second-order valence-electron chi connectivity index (χ2n) is 9.67. The number of carbonyl (C=O) groups excluding carboxylic acids is 1. The van der Waals surface area contributed by atoms with Crippen LogP contribution in [0, 0.1) is 23.2 Å². The summed E-state index contributed by atoms with van der Waals surface area (Å²) in [6, 6.07) is 10.4. The lowest BCUT2D eigenvalue weighted by molar-refractivity contribution is -0.119. The van der Waals surface area contributed by atoms with Gasteiger partial charge >= 0.3 is 0 Å². The minimum absolute atomic E-state index is 0.0381. The van der Waals surface area contributed by atoms with Crippen molar-refractivity contribution in [3.8, 4) is 28.0 Å². The standard InChI is InChI=1S/C25H25N9OS/c1-13(2)29-20-7-21(22-5-4-16-6-15(8-26)9-28-34(16)22)27-10-17(20)24-31-32-25(36-24)33-11-18-19(12-33)23(18)30-14(3)35/h4-7,9-10,13,18-19,23H,11-12H2,1-3H3,(H,27,29)(H,30,35)/t18-,19+,23-. The Hall–Kier alpha value is -4.04. The van der Waals surface area contributed by atoms with Crippen molar-refractivity contribution in [2.45, 2.75) is 32.9 Å². The molecule has 182 valence electrons. The van der Waals surface area contributed by atoms with Crippen LogP contribution in [0.4, 0.5) is 10.8 Å². The number of fused-ring (bicyclic) bond motifs is 2. The molecule has 1 aliphatic heterocycles. The maximum atomic E-state index is 11.4. The first-order valence-corrected chi connectivity index (χ1v) is 12.7. The third kappa shape index (κ3) is 3.93. The van der Waals surface area contributed by atoms with Gasteiger partial charge in [-0.1, -0.05) is 11.3 Å². The number of anilines is 2. The van der Waals surface area contributed by atoms with Crippen LogP contribution in [0.5, 0.6) is 0 Å². The largest absolute Gasteiger partial charge is 0.382 e. The number of piperidine rings is 1. The number of aromatic nitrogens is 5. The molecule has 1 saturated heterocycles. The third-order valence-electron chi connectivity index (χ3n) is 6.72. The molecular formula is C25H25N9OS. The fourth-order valence-electron chi connectivity index (χ4n) is 5.03. The van der Waals surface area contributed by atoms with E-state index in [-0.39, 0.29) is 11.9 Å². The van der Waals surface area contributed by atoms with Crippen LogP contribution in [0.15, 0.2) is 36.7 Å². The van der Waals surface area contributed by atoms with Crippen LogP contribution in [0.2, 0.25) is 0 Å². The van der Waals surface area contributed by atoms with E-state index in [1.807, 2.05) is 30.5 Å². The average Bonchev–Trinajstić information content (AvgIpc) is 3.34. The molecule has 1 saturated carbocycles. The Morgan fingerprint density at radius 3 is 2.72 bits per heavy atom. The highest BCUT2D eigenvalue weighted by atomic mass is 32.1. The lowest BCUT2D eigenvalue weighted by Crippen LogP contribution is -2.33. The van der Waals surface area contributed by atoms with Gasteiger partial charge in [0.15, 0.2) is 5.01 Å². The van der Waals surface area contributed by atoms with Crippen molar-refractivity contribution in [2.75, 3.05) is 23.3 Å². The molecule has 6 rings (SSSR count). The van der Waals surface area contributed by atoms with E-state index in [9.17, 15) is 4.79 Å². The summed E-state index contributed by atoms with van der Waals surface area (Å²) in [5.41, 5.74) is 4.80. The Morgan fingerprint density at radius 2 is 2.00 bits per heavy atom. The van der Waals surface area contributed by atoms with E-state index < -0.39 is 0 Å². The molecule has 11 heteroatoms. The summed E-state index contributed by atoms with van der Waals surface area (Å²) in [5.74, 6) is 1.03. The SMILES string of the molecule is CC(=O)N[C@@H]1[C@@H]2CN(c3nnc(-c4cnc(-c5ccc6cc(C#N)cnn56)cc4NC(C)C)s3)C[C@@H]21. The first kappa shape index (κ1) is 22.4. The maximum Gasteiger partial charge on any atom is 0.217 e. The number of amides is 1. The molecule has 1 amide bonds. The average molecular weight is 500 g/mol. The maximum absolute atomic E-state index is 11.4. The van der Waals surface area contributed by atoms with Crippen molar-refractivity contribution in [3.63, 3.8) is 0 Å². The highest BCUT2D eigenvalue weighted by Gasteiger charge is 2.56. The number of pyridine rings is 1. The molecule has 5 heterocycles. The Bertz CT molecular complexity index is 1510. The zero-order valence-corrected chi connectivity index (χ0v) is 21.0. The van der Waals surface area contributed by atoms with Crippen LogP contribution < -0.4 is 15.5 Å². The molecule has 1 aliphatic carbocycles. The summed E-state index contributed by atoms with van der Waals surface area (Å²) in [6.07, 6.45) is 3.39. The quantitative estimate of drug-likeness (QED) is 0.415. The summed E-state index contributed by atoms with van der Waals surface area (Å²) in [5, 5.41) is 30.8. The van der Waals surface area contributed by atoms with E-state index in [4.69, 9.17) is 10.2 Å². The van der Waals surface area contributed by atoms with Crippen molar-refractivity contribution in [1.82, 2.24) is 30.1 Å². The van der Waals surface area contributed by atoms with Crippen LogP contribution >= 0.6 is 11.3 Å². The topological polar surface area (TPSA) is 124 Å². The third-order valence-corrected chi connectivity index (χ3v) is 7.74. The summed E-state index contributed by atoms with van der Waals surface area (Å²) < 4.78 is 1.79. The Kier molecular flexibility index (Phi) is 5.34. The zero-order valence-electron chi connectivity index (χ0n) is 20.1. The van der Waals surface area contributed by atoms with Gasteiger partial charge in [-0.05, 0) is 38.1 Å². The van der Waals surface area contributed by atoms with E-state index in [1.165, 1.54) is 0 Å². The zero-order chi connectivity index (χ0) is 25.0. The smallest absolute Gasteiger partial charge is 0.217 e. The summed E-state index contributed by atoms with van der Waals surface area (Å²) >= 11 is 1.56. The number of nitriles is 1. The van der Waals surface area contributed by atoms with E-state index >= 15 is 0 Å². The van der Waals surface area contributed by atoms with Crippen LogP contribution in [0.3, 0.4) is 0 Å². The normalized spacial score (nSPS) is 20.4. The Labute approximate surface area is 212 Å².